The lowest BCUT2D eigenvalue weighted by Crippen LogP contribution is -2.08. The van der Waals surface area contributed by atoms with E-state index in [1.165, 1.54) is 32.1 Å². The first-order valence-electron chi connectivity index (χ1n) is 6.50. The molecule has 1 aromatic rings. The van der Waals surface area contributed by atoms with Gasteiger partial charge in [-0.2, -0.15) is 0 Å². The number of anilines is 1. The number of aromatic nitrogens is 1. The summed E-state index contributed by atoms with van der Waals surface area (Å²) in [5.74, 6) is 0.843. The second-order valence-electron chi connectivity index (χ2n) is 4.37. The second kappa shape index (κ2) is 7.82. The lowest BCUT2D eigenvalue weighted by Gasteiger charge is -2.09. The quantitative estimate of drug-likeness (QED) is 0.529. The van der Waals surface area contributed by atoms with Crippen molar-refractivity contribution in [2.24, 2.45) is 0 Å². The van der Waals surface area contributed by atoms with E-state index in [9.17, 15) is 0 Å². The number of unbranched alkanes of at least 4 members (excludes halogenated alkanes) is 4. The standard InChI is InChI=1S/C14H23N3/c1-3-4-5-6-7-10-16-14-13(12(2)15)9-8-11-17-14/h8-9,11,15H,3-7,10H2,1-2H3,(H,16,17). The van der Waals surface area contributed by atoms with Crippen molar-refractivity contribution in [3.05, 3.63) is 23.9 Å². The van der Waals surface area contributed by atoms with Crippen LogP contribution < -0.4 is 5.32 Å². The maximum Gasteiger partial charge on any atom is 0.135 e. The molecule has 1 rings (SSSR count). The molecule has 1 heterocycles. The van der Waals surface area contributed by atoms with E-state index in [2.05, 4.69) is 17.2 Å². The zero-order valence-corrected chi connectivity index (χ0v) is 10.9. The Bertz CT molecular complexity index is 347. The van der Waals surface area contributed by atoms with Gasteiger partial charge in [-0.1, -0.05) is 32.6 Å². The number of pyridine rings is 1. The van der Waals surface area contributed by atoms with E-state index in [4.69, 9.17) is 5.41 Å². The summed E-state index contributed by atoms with van der Waals surface area (Å²) in [4.78, 5) is 4.28. The fourth-order valence-electron chi connectivity index (χ4n) is 1.78. The van der Waals surface area contributed by atoms with Gasteiger partial charge < -0.3 is 10.7 Å². The highest BCUT2D eigenvalue weighted by atomic mass is 15.0. The predicted molar refractivity (Wildman–Crippen MR) is 74.0 cm³/mol. The van der Waals surface area contributed by atoms with Gasteiger partial charge in [0, 0.05) is 24.0 Å². The highest BCUT2D eigenvalue weighted by molar-refractivity contribution is 6.00. The molecule has 0 saturated carbocycles. The van der Waals surface area contributed by atoms with Crippen LogP contribution >= 0.6 is 0 Å². The molecule has 0 saturated heterocycles. The van der Waals surface area contributed by atoms with Gasteiger partial charge in [0.2, 0.25) is 0 Å². The van der Waals surface area contributed by atoms with Crippen molar-refractivity contribution in [1.82, 2.24) is 4.98 Å². The van der Waals surface area contributed by atoms with Crippen molar-refractivity contribution in [3.8, 4) is 0 Å². The molecule has 0 unspecified atom stereocenters. The van der Waals surface area contributed by atoms with Crippen molar-refractivity contribution < 1.29 is 0 Å². The fourth-order valence-corrected chi connectivity index (χ4v) is 1.78. The summed E-state index contributed by atoms with van der Waals surface area (Å²) < 4.78 is 0. The van der Waals surface area contributed by atoms with E-state index >= 15 is 0 Å². The monoisotopic (exact) mass is 233 g/mol. The molecular formula is C14H23N3. The van der Waals surface area contributed by atoms with Crippen LogP contribution in [0.1, 0.15) is 51.5 Å². The molecule has 0 fully saturated rings. The van der Waals surface area contributed by atoms with E-state index in [0.717, 1.165) is 17.9 Å². The van der Waals surface area contributed by atoms with Crippen molar-refractivity contribution >= 4 is 11.5 Å². The summed E-state index contributed by atoms with van der Waals surface area (Å²) in [7, 11) is 0. The Labute approximate surface area is 104 Å². The average molecular weight is 233 g/mol. The van der Waals surface area contributed by atoms with E-state index in [1.54, 1.807) is 13.1 Å². The van der Waals surface area contributed by atoms with Crippen LogP contribution in [-0.4, -0.2) is 17.2 Å². The number of nitrogens with zero attached hydrogens (tertiary/aromatic N) is 1. The molecule has 0 aliphatic rings. The maximum atomic E-state index is 7.67. The number of rotatable bonds is 8. The van der Waals surface area contributed by atoms with Gasteiger partial charge in [-0.15, -0.1) is 0 Å². The fraction of sp³-hybridized carbons (Fsp3) is 0.571. The SMILES string of the molecule is CCCCCCCNc1ncccc1C(C)=N. The van der Waals surface area contributed by atoms with Crippen LogP contribution in [0.4, 0.5) is 5.82 Å². The summed E-state index contributed by atoms with van der Waals surface area (Å²) in [5.41, 5.74) is 1.47. The third kappa shape index (κ3) is 4.98. The second-order valence-corrected chi connectivity index (χ2v) is 4.37. The first-order chi connectivity index (χ1) is 8.25. The molecule has 0 bridgehead atoms. The molecule has 0 radical (unpaired) electrons. The number of nitrogens with one attached hydrogen (secondary N) is 2. The van der Waals surface area contributed by atoms with Crippen LogP contribution in [0, 0.1) is 5.41 Å². The Hall–Kier alpha value is -1.38. The highest BCUT2D eigenvalue weighted by Gasteiger charge is 2.03. The predicted octanol–water partition coefficient (Wildman–Crippen LogP) is 3.85. The van der Waals surface area contributed by atoms with Gasteiger partial charge in [0.1, 0.15) is 5.82 Å². The first kappa shape index (κ1) is 13.7. The Balaban J connectivity index is 2.34. The Morgan fingerprint density at radius 3 is 2.76 bits per heavy atom. The summed E-state index contributed by atoms with van der Waals surface area (Å²) in [6, 6.07) is 3.81. The zero-order chi connectivity index (χ0) is 12.5. The number of hydrogen-bond acceptors (Lipinski definition) is 3. The van der Waals surface area contributed by atoms with E-state index in [1.807, 2.05) is 12.1 Å². The molecule has 0 aliphatic carbocycles. The van der Waals surface area contributed by atoms with Gasteiger partial charge in [0.05, 0.1) is 0 Å². The lowest BCUT2D eigenvalue weighted by molar-refractivity contribution is 0.645. The molecule has 0 amide bonds. The van der Waals surface area contributed by atoms with Gasteiger partial charge in [0.15, 0.2) is 0 Å². The maximum absolute atomic E-state index is 7.67. The van der Waals surface area contributed by atoms with Gasteiger partial charge in [-0.3, -0.25) is 0 Å². The molecule has 0 spiro atoms. The summed E-state index contributed by atoms with van der Waals surface area (Å²) >= 11 is 0. The van der Waals surface area contributed by atoms with Crippen molar-refractivity contribution in [1.29, 1.82) is 5.41 Å². The third-order valence-corrected chi connectivity index (χ3v) is 2.78. The molecule has 0 atom stereocenters. The normalized spacial score (nSPS) is 10.2. The molecule has 1 aromatic heterocycles. The minimum Gasteiger partial charge on any atom is -0.370 e. The van der Waals surface area contributed by atoms with E-state index in [-0.39, 0.29) is 0 Å². The molecule has 0 aliphatic heterocycles. The topological polar surface area (TPSA) is 48.8 Å². The Morgan fingerprint density at radius 2 is 2.06 bits per heavy atom. The molecule has 94 valence electrons. The molecule has 2 N–H and O–H groups in total. The van der Waals surface area contributed by atoms with Crippen LogP contribution in [-0.2, 0) is 0 Å². The minimum atomic E-state index is 0.562. The van der Waals surface area contributed by atoms with Crippen LogP contribution in [0.15, 0.2) is 18.3 Å². The average Bonchev–Trinajstić information content (AvgIpc) is 2.34. The molecular weight excluding hydrogens is 210 g/mol. The third-order valence-electron chi connectivity index (χ3n) is 2.78. The molecule has 3 nitrogen and oxygen atoms in total. The first-order valence-corrected chi connectivity index (χ1v) is 6.50. The van der Waals surface area contributed by atoms with Gasteiger partial charge in [-0.05, 0) is 25.5 Å². The van der Waals surface area contributed by atoms with Crippen LogP contribution in [0.2, 0.25) is 0 Å². The summed E-state index contributed by atoms with van der Waals surface area (Å²) in [5, 5.41) is 11.0. The number of hydrogen-bond donors (Lipinski definition) is 2. The highest BCUT2D eigenvalue weighted by Crippen LogP contribution is 2.12. The molecule has 0 aromatic carbocycles. The Kier molecular flexibility index (Phi) is 6.30. The van der Waals surface area contributed by atoms with Crippen LogP contribution in [0.25, 0.3) is 0 Å². The van der Waals surface area contributed by atoms with Crippen molar-refractivity contribution in [3.63, 3.8) is 0 Å². The summed E-state index contributed by atoms with van der Waals surface area (Å²) in [6.45, 7) is 4.97. The Morgan fingerprint density at radius 1 is 1.29 bits per heavy atom. The van der Waals surface area contributed by atoms with Gasteiger partial charge >= 0.3 is 0 Å². The molecule has 17 heavy (non-hydrogen) atoms. The van der Waals surface area contributed by atoms with E-state index in [0.29, 0.717) is 5.71 Å². The smallest absolute Gasteiger partial charge is 0.135 e. The van der Waals surface area contributed by atoms with Crippen LogP contribution in [0.3, 0.4) is 0 Å². The van der Waals surface area contributed by atoms with E-state index < -0.39 is 0 Å². The zero-order valence-electron chi connectivity index (χ0n) is 10.9. The largest absolute Gasteiger partial charge is 0.370 e. The lowest BCUT2D eigenvalue weighted by atomic mass is 10.1. The van der Waals surface area contributed by atoms with Gasteiger partial charge in [0.25, 0.3) is 0 Å². The van der Waals surface area contributed by atoms with Crippen LogP contribution in [0.5, 0.6) is 0 Å². The summed E-state index contributed by atoms with van der Waals surface area (Å²) in [6.07, 6.45) is 8.14. The molecule has 3 heteroatoms. The van der Waals surface area contributed by atoms with Crippen molar-refractivity contribution in [2.45, 2.75) is 46.0 Å². The minimum absolute atomic E-state index is 0.562. The van der Waals surface area contributed by atoms with Crippen molar-refractivity contribution in [2.75, 3.05) is 11.9 Å². The van der Waals surface area contributed by atoms with Gasteiger partial charge in [-0.25, -0.2) is 4.98 Å².